The highest BCUT2D eigenvalue weighted by Gasteiger charge is 2.21. The minimum Gasteiger partial charge on any atom is -0.339 e. The zero-order valence-corrected chi connectivity index (χ0v) is 14.5. The number of benzene rings is 1. The van der Waals surface area contributed by atoms with Crippen LogP contribution in [0.15, 0.2) is 24.4 Å². The zero-order valence-electron chi connectivity index (χ0n) is 13.0. The van der Waals surface area contributed by atoms with E-state index in [1.807, 2.05) is 4.90 Å². The number of hydrogen-bond acceptors (Lipinski definition) is 6. The molecule has 7 nitrogen and oxygen atoms in total. The average Bonchev–Trinajstić information content (AvgIpc) is 2.58. The first-order chi connectivity index (χ1) is 11.5. The minimum absolute atomic E-state index is 0.0847. The molecule has 24 heavy (non-hydrogen) atoms. The van der Waals surface area contributed by atoms with Gasteiger partial charge in [-0.15, -0.1) is 5.10 Å². The number of halogens is 2. The second kappa shape index (κ2) is 7.19. The predicted octanol–water partition coefficient (Wildman–Crippen LogP) is 2.59. The highest BCUT2D eigenvalue weighted by Crippen LogP contribution is 2.27. The maximum Gasteiger partial charge on any atom is 0.247 e. The summed E-state index contributed by atoms with van der Waals surface area (Å²) in [5.41, 5.74) is 0.689. The molecule has 3 rings (SSSR count). The molecule has 126 valence electrons. The van der Waals surface area contributed by atoms with E-state index >= 15 is 0 Å². The maximum absolute atomic E-state index is 11.4. The summed E-state index contributed by atoms with van der Waals surface area (Å²) in [6, 6.07) is 5.17. The van der Waals surface area contributed by atoms with E-state index in [1.54, 1.807) is 30.0 Å². The molecule has 0 saturated carbocycles. The van der Waals surface area contributed by atoms with Crippen LogP contribution in [0.2, 0.25) is 10.0 Å². The molecule has 2 aromatic rings. The molecule has 0 aliphatic carbocycles. The lowest BCUT2D eigenvalue weighted by Gasteiger charge is -2.33. The molecule has 0 radical (unpaired) electrons. The van der Waals surface area contributed by atoms with Gasteiger partial charge in [-0.05, 0) is 18.2 Å². The number of hydrogen-bond donors (Lipinski definition) is 1. The third-order valence-electron chi connectivity index (χ3n) is 3.75. The number of carbonyl (C=O) groups is 1. The summed E-state index contributed by atoms with van der Waals surface area (Å²) in [7, 11) is 0. The zero-order chi connectivity index (χ0) is 17.1. The summed E-state index contributed by atoms with van der Waals surface area (Å²) in [5, 5.41) is 12.2. The van der Waals surface area contributed by atoms with Crippen LogP contribution < -0.4 is 10.2 Å². The lowest BCUT2D eigenvalue weighted by Crippen LogP contribution is -2.48. The Bertz CT molecular complexity index is 748. The molecule has 1 N–H and O–H groups in total. The Hall–Kier alpha value is -2.12. The van der Waals surface area contributed by atoms with Crippen LogP contribution in [-0.4, -0.2) is 52.2 Å². The molecule has 9 heteroatoms. The second-order valence-corrected chi connectivity index (χ2v) is 6.23. The molecule has 1 aliphatic rings. The molecule has 1 aromatic carbocycles. The number of piperazine rings is 1. The minimum atomic E-state index is 0.0847. The Morgan fingerprint density at radius 1 is 1.21 bits per heavy atom. The lowest BCUT2D eigenvalue weighted by atomic mass is 10.3. The number of amides is 1. The van der Waals surface area contributed by atoms with Gasteiger partial charge in [-0.3, -0.25) is 4.79 Å². The van der Waals surface area contributed by atoms with E-state index in [9.17, 15) is 4.79 Å². The summed E-state index contributed by atoms with van der Waals surface area (Å²) < 4.78 is 0. The Morgan fingerprint density at radius 3 is 2.62 bits per heavy atom. The summed E-state index contributed by atoms with van der Waals surface area (Å²) in [4.78, 5) is 19.7. The van der Waals surface area contributed by atoms with Gasteiger partial charge in [0, 0.05) is 38.1 Å². The van der Waals surface area contributed by atoms with Crippen LogP contribution in [0.1, 0.15) is 6.92 Å². The Morgan fingerprint density at radius 2 is 1.96 bits per heavy atom. The molecule has 1 fully saturated rings. The van der Waals surface area contributed by atoms with Crippen molar-refractivity contribution >= 4 is 46.6 Å². The van der Waals surface area contributed by atoms with Gasteiger partial charge in [0.25, 0.3) is 0 Å². The lowest BCUT2D eigenvalue weighted by molar-refractivity contribution is -0.129. The molecule has 1 aromatic heterocycles. The van der Waals surface area contributed by atoms with E-state index in [-0.39, 0.29) is 5.91 Å². The van der Waals surface area contributed by atoms with E-state index in [1.165, 1.54) is 6.20 Å². The number of rotatable bonds is 3. The standard InChI is InChI=1S/C15H16Cl2N6O/c1-10(24)22-4-6-23(7-5-22)15-20-14(9-18-21-15)19-13-3-2-11(16)8-12(13)17/h2-3,8-9H,4-7H2,1H3,(H,19,20,21). The van der Waals surface area contributed by atoms with E-state index < -0.39 is 0 Å². The van der Waals surface area contributed by atoms with Crippen molar-refractivity contribution in [2.45, 2.75) is 6.92 Å². The first-order valence-corrected chi connectivity index (χ1v) is 8.21. The van der Waals surface area contributed by atoms with Crippen molar-refractivity contribution in [1.29, 1.82) is 0 Å². The highest BCUT2D eigenvalue weighted by atomic mass is 35.5. The third-order valence-corrected chi connectivity index (χ3v) is 4.30. The Labute approximate surface area is 149 Å². The van der Waals surface area contributed by atoms with Gasteiger partial charge in [0.1, 0.15) is 0 Å². The van der Waals surface area contributed by atoms with Gasteiger partial charge in [-0.25, -0.2) is 0 Å². The summed E-state index contributed by atoms with van der Waals surface area (Å²) >= 11 is 12.1. The normalized spacial score (nSPS) is 14.6. The van der Waals surface area contributed by atoms with Crippen molar-refractivity contribution in [2.24, 2.45) is 0 Å². The number of carbonyl (C=O) groups excluding carboxylic acids is 1. The topological polar surface area (TPSA) is 74.2 Å². The molecule has 2 heterocycles. The van der Waals surface area contributed by atoms with Crippen LogP contribution >= 0.6 is 23.2 Å². The quantitative estimate of drug-likeness (QED) is 0.899. The van der Waals surface area contributed by atoms with Gasteiger partial charge < -0.3 is 15.1 Å². The van der Waals surface area contributed by atoms with Gasteiger partial charge in [0.15, 0.2) is 5.82 Å². The van der Waals surface area contributed by atoms with Gasteiger partial charge in [0.05, 0.1) is 16.9 Å². The van der Waals surface area contributed by atoms with Crippen LogP contribution in [0, 0.1) is 0 Å². The van der Waals surface area contributed by atoms with Gasteiger partial charge >= 0.3 is 0 Å². The smallest absolute Gasteiger partial charge is 0.247 e. The summed E-state index contributed by atoms with van der Waals surface area (Å²) in [5.74, 6) is 1.15. The molecule has 1 saturated heterocycles. The Kier molecular flexibility index (Phi) is 5.01. The molecular weight excluding hydrogens is 351 g/mol. The van der Waals surface area contributed by atoms with Crippen LogP contribution in [0.25, 0.3) is 0 Å². The van der Waals surface area contributed by atoms with E-state index in [0.29, 0.717) is 53.7 Å². The van der Waals surface area contributed by atoms with Gasteiger partial charge in [0.2, 0.25) is 11.9 Å². The van der Waals surface area contributed by atoms with E-state index in [0.717, 1.165) is 0 Å². The predicted molar refractivity (Wildman–Crippen MR) is 94.0 cm³/mol. The van der Waals surface area contributed by atoms with Crippen LogP contribution in [0.4, 0.5) is 17.5 Å². The molecule has 0 bridgehead atoms. The third kappa shape index (κ3) is 3.85. The fourth-order valence-corrected chi connectivity index (χ4v) is 2.89. The fourth-order valence-electron chi connectivity index (χ4n) is 2.44. The van der Waals surface area contributed by atoms with Gasteiger partial charge in [-0.2, -0.15) is 10.1 Å². The van der Waals surface area contributed by atoms with Gasteiger partial charge in [-0.1, -0.05) is 23.2 Å². The highest BCUT2D eigenvalue weighted by molar-refractivity contribution is 6.36. The Balaban J connectivity index is 1.71. The fraction of sp³-hybridized carbons (Fsp3) is 0.333. The monoisotopic (exact) mass is 366 g/mol. The molecular formula is C15H16Cl2N6O. The number of nitrogens with zero attached hydrogens (tertiary/aromatic N) is 5. The molecule has 0 atom stereocenters. The molecule has 1 amide bonds. The molecule has 0 unspecified atom stereocenters. The van der Waals surface area contributed by atoms with Crippen molar-refractivity contribution in [3.05, 3.63) is 34.4 Å². The van der Waals surface area contributed by atoms with Crippen LogP contribution in [-0.2, 0) is 4.79 Å². The summed E-state index contributed by atoms with van der Waals surface area (Å²) in [6.45, 7) is 4.23. The van der Waals surface area contributed by atoms with E-state index in [2.05, 4.69) is 20.5 Å². The average molecular weight is 367 g/mol. The number of nitrogens with one attached hydrogen (secondary N) is 1. The number of aromatic nitrogens is 3. The van der Waals surface area contributed by atoms with Crippen LogP contribution in [0.5, 0.6) is 0 Å². The SMILES string of the molecule is CC(=O)N1CCN(c2nncc(Nc3ccc(Cl)cc3Cl)n2)CC1. The first-order valence-electron chi connectivity index (χ1n) is 7.45. The summed E-state index contributed by atoms with van der Waals surface area (Å²) in [6.07, 6.45) is 1.53. The molecule has 0 spiro atoms. The second-order valence-electron chi connectivity index (χ2n) is 5.38. The van der Waals surface area contributed by atoms with E-state index in [4.69, 9.17) is 23.2 Å². The number of anilines is 3. The van der Waals surface area contributed by atoms with Crippen molar-refractivity contribution in [3.8, 4) is 0 Å². The van der Waals surface area contributed by atoms with Crippen molar-refractivity contribution in [3.63, 3.8) is 0 Å². The maximum atomic E-state index is 11.4. The molecule has 1 aliphatic heterocycles. The van der Waals surface area contributed by atoms with Crippen LogP contribution in [0.3, 0.4) is 0 Å². The first kappa shape index (κ1) is 16.7. The van der Waals surface area contributed by atoms with Crippen molar-refractivity contribution in [1.82, 2.24) is 20.1 Å². The van der Waals surface area contributed by atoms with Crippen molar-refractivity contribution in [2.75, 3.05) is 36.4 Å². The van der Waals surface area contributed by atoms with Crippen molar-refractivity contribution < 1.29 is 4.79 Å². The largest absolute Gasteiger partial charge is 0.339 e.